The molecule has 34 heavy (non-hydrogen) atoms. The van der Waals surface area contributed by atoms with Gasteiger partial charge in [-0.2, -0.15) is 0 Å². The molecule has 9 heteroatoms. The fourth-order valence-electron chi connectivity index (χ4n) is 4.17. The van der Waals surface area contributed by atoms with Crippen LogP contribution in [0.5, 0.6) is 5.75 Å². The molecule has 5 rings (SSSR count). The summed E-state index contributed by atoms with van der Waals surface area (Å²) in [4.78, 5) is 28.6. The largest absolute Gasteiger partial charge is 0.494 e. The maximum absolute atomic E-state index is 14.0. The summed E-state index contributed by atoms with van der Waals surface area (Å²) in [6, 6.07) is 10.1. The van der Waals surface area contributed by atoms with Crippen LogP contribution < -0.4 is 15.1 Å². The first-order valence-corrected chi connectivity index (χ1v) is 11.8. The van der Waals surface area contributed by atoms with E-state index >= 15 is 0 Å². The van der Waals surface area contributed by atoms with Gasteiger partial charge in [0.05, 0.1) is 23.6 Å². The van der Waals surface area contributed by atoms with Crippen LogP contribution in [-0.4, -0.2) is 22.7 Å². The Morgan fingerprint density at radius 3 is 2.76 bits per heavy atom. The van der Waals surface area contributed by atoms with Crippen molar-refractivity contribution >= 4 is 33.3 Å². The summed E-state index contributed by atoms with van der Waals surface area (Å²) in [5.41, 5.74) is 0.504. The normalized spacial score (nSPS) is 15.4. The fourth-order valence-corrected chi connectivity index (χ4v) is 5.25. The third-order valence-electron chi connectivity index (χ3n) is 5.56. The van der Waals surface area contributed by atoms with E-state index in [1.165, 1.54) is 28.4 Å². The molecule has 174 valence electrons. The highest BCUT2D eigenvalue weighted by atomic mass is 32.1. The van der Waals surface area contributed by atoms with E-state index in [4.69, 9.17) is 9.15 Å². The topological polar surface area (TPSA) is 85.5 Å². The predicted octanol–water partition coefficient (Wildman–Crippen LogP) is 5.13. The zero-order chi connectivity index (χ0) is 24.0. The van der Waals surface area contributed by atoms with Gasteiger partial charge in [-0.1, -0.05) is 37.3 Å². The van der Waals surface area contributed by atoms with E-state index in [1.54, 1.807) is 18.2 Å². The van der Waals surface area contributed by atoms with Crippen LogP contribution in [0.25, 0.3) is 11.0 Å². The Morgan fingerprint density at radius 1 is 1.18 bits per heavy atom. The summed E-state index contributed by atoms with van der Waals surface area (Å²) in [5, 5.41) is 9.77. The van der Waals surface area contributed by atoms with Crippen molar-refractivity contribution in [2.24, 2.45) is 5.92 Å². The predicted molar refractivity (Wildman–Crippen MR) is 127 cm³/mol. The van der Waals surface area contributed by atoms with Gasteiger partial charge in [-0.25, -0.2) is 4.39 Å². The molecule has 0 saturated heterocycles. The summed E-state index contributed by atoms with van der Waals surface area (Å²) in [5.74, 6) is -0.142. The minimum atomic E-state index is -0.813. The van der Waals surface area contributed by atoms with Gasteiger partial charge >= 0.3 is 0 Å². The number of amides is 1. The van der Waals surface area contributed by atoms with E-state index in [2.05, 4.69) is 24.0 Å². The number of benzene rings is 2. The Balaban J connectivity index is 1.73. The third kappa shape index (κ3) is 3.75. The quantitative estimate of drug-likeness (QED) is 0.381. The SMILES string of the molecule is CCOc1cccc(C2c3c(oc4ccc(F)cc4c3=O)C(=O)N2c2nnc(CC(C)C)s2)c1. The minimum absolute atomic E-state index is 0.0727. The van der Waals surface area contributed by atoms with Crippen LogP contribution >= 0.6 is 11.3 Å². The van der Waals surface area contributed by atoms with Gasteiger partial charge in [-0.3, -0.25) is 14.5 Å². The summed E-state index contributed by atoms with van der Waals surface area (Å²) < 4.78 is 25.5. The van der Waals surface area contributed by atoms with Gasteiger partial charge in [-0.15, -0.1) is 10.2 Å². The average molecular weight is 480 g/mol. The molecule has 2 aromatic carbocycles. The van der Waals surface area contributed by atoms with Gasteiger partial charge < -0.3 is 9.15 Å². The van der Waals surface area contributed by atoms with Crippen molar-refractivity contribution in [1.82, 2.24) is 10.2 Å². The fraction of sp³-hybridized carbons (Fsp3) is 0.280. The highest BCUT2D eigenvalue weighted by Crippen LogP contribution is 2.43. The second-order valence-electron chi connectivity index (χ2n) is 8.47. The molecule has 2 aromatic heterocycles. The van der Waals surface area contributed by atoms with E-state index in [9.17, 15) is 14.0 Å². The molecule has 0 radical (unpaired) electrons. The molecule has 3 heterocycles. The lowest BCUT2D eigenvalue weighted by atomic mass is 9.98. The molecule has 1 unspecified atom stereocenters. The smallest absolute Gasteiger partial charge is 0.297 e. The summed E-state index contributed by atoms with van der Waals surface area (Å²) in [7, 11) is 0. The number of fused-ring (bicyclic) bond motifs is 2. The van der Waals surface area contributed by atoms with Crippen LogP contribution in [0.3, 0.4) is 0 Å². The number of ether oxygens (including phenoxy) is 1. The van der Waals surface area contributed by atoms with Gasteiger partial charge in [0.15, 0.2) is 5.43 Å². The van der Waals surface area contributed by atoms with E-state index in [1.807, 2.05) is 13.0 Å². The minimum Gasteiger partial charge on any atom is -0.494 e. The molecule has 0 aliphatic carbocycles. The molecule has 0 spiro atoms. The number of aromatic nitrogens is 2. The molecule has 4 aromatic rings. The Labute approximate surface area is 198 Å². The molecule has 0 fully saturated rings. The molecule has 0 bridgehead atoms. The number of carbonyl (C=O) groups excluding carboxylic acids is 1. The van der Waals surface area contributed by atoms with E-state index in [0.29, 0.717) is 29.0 Å². The Morgan fingerprint density at radius 2 is 2.00 bits per heavy atom. The second-order valence-corrected chi connectivity index (χ2v) is 9.51. The van der Waals surface area contributed by atoms with Crippen LogP contribution in [0, 0.1) is 11.7 Å². The van der Waals surface area contributed by atoms with E-state index < -0.39 is 23.2 Å². The lowest BCUT2D eigenvalue weighted by Crippen LogP contribution is -2.29. The maximum atomic E-state index is 14.0. The van der Waals surface area contributed by atoms with Crippen LogP contribution in [0.15, 0.2) is 51.7 Å². The van der Waals surface area contributed by atoms with Crippen molar-refractivity contribution in [1.29, 1.82) is 0 Å². The lowest BCUT2D eigenvalue weighted by molar-refractivity contribution is 0.0970. The monoisotopic (exact) mass is 479 g/mol. The van der Waals surface area contributed by atoms with Crippen molar-refractivity contribution in [2.75, 3.05) is 11.5 Å². The molecule has 0 N–H and O–H groups in total. The van der Waals surface area contributed by atoms with Gasteiger partial charge in [-0.05, 0) is 48.7 Å². The number of hydrogen-bond donors (Lipinski definition) is 0. The van der Waals surface area contributed by atoms with E-state index in [-0.39, 0.29) is 22.3 Å². The first kappa shape index (κ1) is 22.2. The van der Waals surface area contributed by atoms with Crippen molar-refractivity contribution in [2.45, 2.75) is 33.2 Å². The standard InChI is InChI=1S/C25H22FN3O4S/c1-4-32-16-7-5-6-14(11-16)21-20-22(30)17-12-15(26)8-9-18(17)33-23(20)24(31)29(21)25-28-27-19(34-25)10-13(2)3/h5-9,11-13,21H,4,10H2,1-3H3. The second kappa shape index (κ2) is 8.64. The van der Waals surface area contributed by atoms with Crippen molar-refractivity contribution in [3.8, 4) is 5.75 Å². The van der Waals surface area contributed by atoms with Gasteiger partial charge in [0.25, 0.3) is 5.91 Å². The molecular weight excluding hydrogens is 457 g/mol. The highest BCUT2D eigenvalue weighted by molar-refractivity contribution is 7.15. The number of anilines is 1. The first-order chi connectivity index (χ1) is 16.4. The molecule has 1 amide bonds. The first-order valence-electron chi connectivity index (χ1n) is 11.0. The maximum Gasteiger partial charge on any atom is 0.297 e. The van der Waals surface area contributed by atoms with Gasteiger partial charge in [0, 0.05) is 6.42 Å². The zero-order valence-corrected chi connectivity index (χ0v) is 19.7. The van der Waals surface area contributed by atoms with Crippen LogP contribution in [0.4, 0.5) is 9.52 Å². The van der Waals surface area contributed by atoms with Crippen molar-refractivity contribution in [3.63, 3.8) is 0 Å². The van der Waals surface area contributed by atoms with Crippen molar-refractivity contribution in [3.05, 3.63) is 80.4 Å². The molecule has 1 atom stereocenters. The van der Waals surface area contributed by atoms with Crippen molar-refractivity contribution < 1.29 is 18.3 Å². The molecule has 0 saturated carbocycles. The van der Waals surface area contributed by atoms with Gasteiger partial charge in [0.2, 0.25) is 10.9 Å². The van der Waals surface area contributed by atoms with Crippen LogP contribution in [0.2, 0.25) is 0 Å². The number of nitrogens with zero attached hydrogens (tertiary/aromatic N) is 3. The number of carbonyl (C=O) groups is 1. The number of hydrogen-bond acceptors (Lipinski definition) is 7. The molecule has 1 aliphatic rings. The van der Waals surface area contributed by atoms with E-state index in [0.717, 1.165) is 17.5 Å². The summed E-state index contributed by atoms with van der Waals surface area (Å²) in [6.45, 7) is 6.50. The Hall–Kier alpha value is -3.59. The molecule has 7 nitrogen and oxygen atoms in total. The summed E-state index contributed by atoms with van der Waals surface area (Å²) in [6.07, 6.45) is 0.720. The zero-order valence-electron chi connectivity index (χ0n) is 18.9. The Kier molecular flexibility index (Phi) is 5.65. The number of rotatable bonds is 6. The third-order valence-corrected chi connectivity index (χ3v) is 6.51. The summed E-state index contributed by atoms with van der Waals surface area (Å²) >= 11 is 1.31. The Bertz CT molecular complexity index is 1460. The molecular formula is C25H22FN3O4S. The number of halogens is 1. The van der Waals surface area contributed by atoms with Gasteiger partial charge in [0.1, 0.15) is 22.2 Å². The average Bonchev–Trinajstić information content (AvgIpc) is 3.36. The highest BCUT2D eigenvalue weighted by Gasteiger charge is 2.45. The lowest BCUT2D eigenvalue weighted by Gasteiger charge is -2.22. The van der Waals surface area contributed by atoms with Crippen LogP contribution in [0.1, 0.15) is 53.5 Å². The molecule has 1 aliphatic heterocycles. The van der Waals surface area contributed by atoms with Crippen LogP contribution in [-0.2, 0) is 6.42 Å².